The Kier molecular flexibility index (Phi) is 17.2. The zero-order chi connectivity index (χ0) is 32.4. The van der Waals surface area contributed by atoms with Gasteiger partial charge >= 0.3 is 42.5 Å². The van der Waals surface area contributed by atoms with E-state index in [9.17, 15) is 79.0 Å². The first-order valence-electron chi connectivity index (χ1n) is 10.2. The van der Waals surface area contributed by atoms with Crippen LogP contribution in [0.4, 0.5) is 79.0 Å². The average molecular weight is 614 g/mol. The van der Waals surface area contributed by atoms with Gasteiger partial charge in [0.05, 0.1) is 0 Å². The van der Waals surface area contributed by atoms with Crippen LogP contribution in [0.2, 0.25) is 0 Å². The second-order valence-electron chi connectivity index (χ2n) is 8.02. The number of hydrogen-bond donors (Lipinski definition) is 1. The van der Waals surface area contributed by atoms with Gasteiger partial charge in [-0.05, 0) is 19.3 Å². The second-order valence-corrected chi connectivity index (χ2v) is 8.02. The minimum atomic E-state index is -6.20. The maximum Gasteiger partial charge on any atom is 0.459 e. The predicted octanol–water partition coefficient (Wildman–Crippen LogP) is 10.1. The molecule has 1 unspecified atom stereocenters. The third-order valence-electron chi connectivity index (χ3n) is 3.94. The molecule has 1 atom stereocenters. The van der Waals surface area contributed by atoms with Crippen molar-refractivity contribution in [2.45, 2.75) is 115 Å². The smallest absolute Gasteiger partial charge is 0.381 e. The third-order valence-corrected chi connectivity index (χ3v) is 3.94. The summed E-state index contributed by atoms with van der Waals surface area (Å²) in [7, 11) is 0. The Morgan fingerprint density at radius 3 is 0.842 bits per heavy atom. The molecule has 0 rings (SSSR count). The molecule has 0 bridgehead atoms. The first kappa shape index (κ1) is 43.7. The van der Waals surface area contributed by atoms with Crippen molar-refractivity contribution >= 4 is 0 Å². The predicted molar refractivity (Wildman–Crippen MR) is 100 cm³/mol. The Bertz CT molecular complexity index is 624. The van der Waals surface area contributed by atoms with Crippen molar-refractivity contribution in [2.75, 3.05) is 0 Å². The van der Waals surface area contributed by atoms with Crippen LogP contribution in [-0.4, -0.2) is 53.2 Å². The molecule has 0 saturated carbocycles. The topological polar surface area (TPSA) is 20.2 Å². The van der Waals surface area contributed by atoms with Gasteiger partial charge in [-0.2, -0.15) is 79.0 Å². The van der Waals surface area contributed by atoms with E-state index in [0.717, 1.165) is 20.8 Å². The Hall–Kier alpha value is -1.30. The molecule has 0 aliphatic carbocycles. The minimum Gasteiger partial charge on any atom is -0.381 e. The fraction of sp³-hybridized carbons (Fsp3) is 1.00. The van der Waals surface area contributed by atoms with Crippen molar-refractivity contribution in [3.05, 3.63) is 0 Å². The van der Waals surface area contributed by atoms with Gasteiger partial charge in [-0.25, -0.2) is 0 Å². The monoisotopic (exact) mass is 614 g/mol. The zero-order valence-corrected chi connectivity index (χ0v) is 20.7. The lowest BCUT2D eigenvalue weighted by atomic mass is 9.94. The minimum absolute atomic E-state index is 0.161. The van der Waals surface area contributed by atoms with Gasteiger partial charge in [-0.3, -0.25) is 0 Å². The van der Waals surface area contributed by atoms with Gasteiger partial charge < -0.3 is 5.11 Å². The summed E-state index contributed by atoms with van der Waals surface area (Å²) >= 11 is 0. The summed E-state index contributed by atoms with van der Waals surface area (Å²) in [5.41, 5.74) is -2.54. The molecule has 1 N–H and O–H groups in total. The molecule has 0 fully saturated rings. The van der Waals surface area contributed by atoms with E-state index in [2.05, 4.69) is 0 Å². The molecule has 0 amide bonds. The molecular weight excluding hydrogens is 586 g/mol. The molecule has 1 nitrogen and oxygen atoms in total. The first-order chi connectivity index (χ1) is 16.1. The Labute approximate surface area is 206 Å². The summed E-state index contributed by atoms with van der Waals surface area (Å²) in [6.07, 6.45) is -23.8. The van der Waals surface area contributed by atoms with E-state index in [0.29, 0.717) is 6.92 Å². The van der Waals surface area contributed by atoms with Crippen LogP contribution in [0, 0.1) is 5.92 Å². The SMILES string of the molecule is CC(C)CC(C)(O)C(F)(F)F.CCC(F)(F)C(F)(F)C(F)(F)F.CCC(F)(F)C(F)(F)F.CCC(F)(F)F. The Morgan fingerprint density at radius 2 is 0.789 bits per heavy atom. The molecule has 0 spiro atoms. The quantitative estimate of drug-likeness (QED) is 0.306. The van der Waals surface area contributed by atoms with Gasteiger partial charge in [0.15, 0.2) is 5.60 Å². The highest BCUT2D eigenvalue weighted by molar-refractivity contribution is 4.89. The molecule has 38 heavy (non-hydrogen) atoms. The molecule has 0 heterocycles. The van der Waals surface area contributed by atoms with Gasteiger partial charge in [0, 0.05) is 19.3 Å². The van der Waals surface area contributed by atoms with Crippen molar-refractivity contribution < 1.29 is 84.1 Å². The second kappa shape index (κ2) is 14.9. The van der Waals surface area contributed by atoms with Crippen LogP contribution in [-0.2, 0) is 0 Å². The van der Waals surface area contributed by atoms with Crippen molar-refractivity contribution in [3.8, 4) is 0 Å². The number of halogens is 18. The highest BCUT2D eigenvalue weighted by Gasteiger charge is 2.71. The van der Waals surface area contributed by atoms with E-state index in [1.807, 2.05) is 0 Å². The molecule has 0 aromatic carbocycles. The van der Waals surface area contributed by atoms with E-state index in [1.54, 1.807) is 13.8 Å². The van der Waals surface area contributed by atoms with Crippen molar-refractivity contribution in [1.82, 2.24) is 0 Å². The molecule has 236 valence electrons. The molecule has 0 radical (unpaired) electrons. The Balaban J connectivity index is -0.000000208. The molecule has 0 saturated heterocycles. The largest absolute Gasteiger partial charge is 0.459 e. The van der Waals surface area contributed by atoms with Gasteiger partial charge in [0.1, 0.15) is 0 Å². The van der Waals surface area contributed by atoms with E-state index < -0.39 is 67.3 Å². The van der Waals surface area contributed by atoms with E-state index >= 15 is 0 Å². The van der Waals surface area contributed by atoms with Crippen LogP contribution in [0.25, 0.3) is 0 Å². The highest BCUT2D eigenvalue weighted by atomic mass is 19.4. The van der Waals surface area contributed by atoms with Crippen LogP contribution in [0.3, 0.4) is 0 Å². The normalized spacial score (nSPS) is 15.3. The lowest BCUT2D eigenvalue weighted by molar-refractivity contribution is -0.354. The van der Waals surface area contributed by atoms with Crippen LogP contribution >= 0.6 is 0 Å². The van der Waals surface area contributed by atoms with E-state index in [4.69, 9.17) is 5.11 Å². The van der Waals surface area contributed by atoms with Gasteiger partial charge in [-0.1, -0.05) is 34.6 Å². The lowest BCUT2D eigenvalue weighted by Gasteiger charge is -2.27. The zero-order valence-electron chi connectivity index (χ0n) is 20.7. The summed E-state index contributed by atoms with van der Waals surface area (Å²) in [4.78, 5) is 0. The molecule has 0 aliphatic rings. The van der Waals surface area contributed by atoms with E-state index in [-0.39, 0.29) is 12.3 Å². The van der Waals surface area contributed by atoms with Crippen LogP contribution in [0.5, 0.6) is 0 Å². The van der Waals surface area contributed by atoms with Crippen LogP contribution in [0.15, 0.2) is 0 Å². The standard InChI is InChI=1S/C7H13F3O.C5H5F7.C4H5F5.C3H5F3/c1-5(2)4-6(3,11)7(8,9)10;1-2-3(6,7)4(8,9)5(10,11)12;1-2-3(5,6)4(7,8)9;1-2-3(4,5)6/h5,11H,4H2,1-3H3;2H2,1H3;2H2,1H3;2H2,1H3. The molecule has 0 aliphatic heterocycles. The summed E-state index contributed by atoms with van der Waals surface area (Å²) in [6, 6.07) is 0. The third kappa shape index (κ3) is 16.6. The lowest BCUT2D eigenvalue weighted by Crippen LogP contribution is -2.51. The van der Waals surface area contributed by atoms with Gasteiger partial charge in [-0.15, -0.1) is 0 Å². The van der Waals surface area contributed by atoms with Crippen molar-refractivity contribution in [2.24, 2.45) is 5.92 Å². The van der Waals surface area contributed by atoms with Crippen LogP contribution in [0.1, 0.15) is 67.2 Å². The molecule has 0 aromatic rings. The molecule has 0 aromatic heterocycles. The molecule has 19 heteroatoms. The number of hydrogen-bond acceptors (Lipinski definition) is 1. The highest BCUT2D eigenvalue weighted by Crippen LogP contribution is 2.47. The van der Waals surface area contributed by atoms with Gasteiger partial charge in [0.2, 0.25) is 0 Å². The summed E-state index contributed by atoms with van der Waals surface area (Å²) < 4.78 is 206. The fourth-order valence-electron chi connectivity index (χ4n) is 1.54. The van der Waals surface area contributed by atoms with E-state index in [1.165, 1.54) is 0 Å². The maximum absolute atomic E-state index is 12.0. The van der Waals surface area contributed by atoms with Gasteiger partial charge in [0.25, 0.3) is 0 Å². The van der Waals surface area contributed by atoms with Crippen LogP contribution < -0.4 is 0 Å². The van der Waals surface area contributed by atoms with Crippen molar-refractivity contribution in [3.63, 3.8) is 0 Å². The first-order valence-corrected chi connectivity index (χ1v) is 10.2. The van der Waals surface area contributed by atoms with Crippen molar-refractivity contribution in [1.29, 1.82) is 0 Å². The molecular formula is C19H28F18O. The summed E-state index contributed by atoms with van der Waals surface area (Å²) in [5.74, 6) is -15.7. The fourth-order valence-corrected chi connectivity index (χ4v) is 1.54. The summed E-state index contributed by atoms with van der Waals surface area (Å²) in [6.45, 7) is 6.50. The summed E-state index contributed by atoms with van der Waals surface area (Å²) in [5, 5.41) is 8.90. The number of alkyl halides is 18. The average Bonchev–Trinajstić information content (AvgIpc) is 2.65. The number of rotatable bonds is 5. The maximum atomic E-state index is 12.0. The Morgan fingerprint density at radius 1 is 0.500 bits per heavy atom. The number of aliphatic hydroxyl groups is 1.